The molecule has 3 aromatic rings. The first-order chi connectivity index (χ1) is 18.5. The third-order valence-corrected chi connectivity index (χ3v) is 8.20. The molecule has 0 fully saturated rings. The van der Waals surface area contributed by atoms with Gasteiger partial charge in [-0.05, 0) is 55.2 Å². The van der Waals surface area contributed by atoms with E-state index < -0.39 is 28.5 Å². The Hall–Kier alpha value is -3.17. The van der Waals surface area contributed by atoms with Crippen molar-refractivity contribution in [2.75, 3.05) is 17.1 Å². The maximum atomic E-state index is 14.1. The number of rotatable bonds is 12. The van der Waals surface area contributed by atoms with Gasteiger partial charge < -0.3 is 10.2 Å². The first-order valence-electron chi connectivity index (χ1n) is 12.9. The van der Waals surface area contributed by atoms with Crippen molar-refractivity contribution in [2.45, 2.75) is 52.2 Å². The van der Waals surface area contributed by atoms with Gasteiger partial charge >= 0.3 is 0 Å². The van der Waals surface area contributed by atoms with E-state index in [4.69, 9.17) is 0 Å². The second-order valence-corrected chi connectivity index (χ2v) is 12.6. The average molecular weight is 615 g/mol. The number of carbonyl (C=O) groups is 2. The Morgan fingerprint density at radius 2 is 1.59 bits per heavy atom. The van der Waals surface area contributed by atoms with Crippen molar-refractivity contribution in [1.29, 1.82) is 0 Å². The summed E-state index contributed by atoms with van der Waals surface area (Å²) in [6, 6.07) is 23.1. The van der Waals surface area contributed by atoms with E-state index in [0.717, 1.165) is 38.1 Å². The van der Waals surface area contributed by atoms with E-state index in [1.165, 1.54) is 4.90 Å². The molecule has 39 heavy (non-hydrogen) atoms. The van der Waals surface area contributed by atoms with Crippen LogP contribution in [0, 0.1) is 6.92 Å². The number of sulfonamides is 1. The van der Waals surface area contributed by atoms with Crippen LogP contribution in [0.15, 0.2) is 83.3 Å². The molecule has 0 saturated carbocycles. The minimum atomic E-state index is -3.80. The Morgan fingerprint density at radius 3 is 2.21 bits per heavy atom. The minimum Gasteiger partial charge on any atom is -0.352 e. The first kappa shape index (κ1) is 30.4. The molecule has 3 aromatic carbocycles. The van der Waals surface area contributed by atoms with Crippen LogP contribution in [0.2, 0.25) is 0 Å². The summed E-state index contributed by atoms with van der Waals surface area (Å²) in [6.45, 7) is 5.40. The van der Waals surface area contributed by atoms with Crippen LogP contribution >= 0.6 is 15.9 Å². The quantitative estimate of drug-likeness (QED) is 0.309. The van der Waals surface area contributed by atoms with Crippen molar-refractivity contribution in [2.24, 2.45) is 0 Å². The molecule has 0 saturated heterocycles. The summed E-state index contributed by atoms with van der Waals surface area (Å²) in [4.78, 5) is 29.3. The maximum Gasteiger partial charge on any atom is 0.244 e. The Morgan fingerprint density at radius 1 is 0.949 bits per heavy atom. The second kappa shape index (κ2) is 13.8. The predicted octanol–water partition coefficient (Wildman–Crippen LogP) is 5.08. The van der Waals surface area contributed by atoms with Gasteiger partial charge in [0.1, 0.15) is 12.6 Å². The maximum absolute atomic E-state index is 14.1. The predicted molar refractivity (Wildman–Crippen MR) is 160 cm³/mol. The summed E-state index contributed by atoms with van der Waals surface area (Å²) in [5.74, 6) is -0.748. The Kier molecular flexibility index (Phi) is 10.7. The molecule has 2 amide bonds. The molecule has 0 aliphatic carbocycles. The van der Waals surface area contributed by atoms with Crippen molar-refractivity contribution in [3.63, 3.8) is 0 Å². The highest BCUT2D eigenvalue weighted by Crippen LogP contribution is 2.24. The van der Waals surface area contributed by atoms with Crippen LogP contribution in [0.1, 0.15) is 37.0 Å². The summed E-state index contributed by atoms with van der Waals surface area (Å²) in [5.41, 5.74) is 2.87. The third kappa shape index (κ3) is 8.66. The van der Waals surface area contributed by atoms with Gasteiger partial charge in [-0.2, -0.15) is 0 Å². The lowest BCUT2D eigenvalue weighted by atomic mass is 10.0. The van der Waals surface area contributed by atoms with Crippen molar-refractivity contribution >= 4 is 43.5 Å². The molecule has 0 spiro atoms. The second-order valence-electron chi connectivity index (χ2n) is 9.73. The zero-order valence-corrected chi connectivity index (χ0v) is 25.2. The number of hydrogen-bond acceptors (Lipinski definition) is 4. The number of nitrogens with zero attached hydrogens (tertiary/aromatic N) is 2. The average Bonchev–Trinajstić information content (AvgIpc) is 2.89. The Bertz CT molecular complexity index is 1380. The van der Waals surface area contributed by atoms with Gasteiger partial charge in [-0.15, -0.1) is 0 Å². The van der Waals surface area contributed by atoms with Gasteiger partial charge in [0.15, 0.2) is 0 Å². The van der Waals surface area contributed by atoms with E-state index in [0.29, 0.717) is 5.69 Å². The molecular weight excluding hydrogens is 578 g/mol. The molecule has 0 aliphatic rings. The highest BCUT2D eigenvalue weighted by molar-refractivity contribution is 9.10. The zero-order valence-electron chi connectivity index (χ0n) is 22.8. The Labute approximate surface area is 240 Å². The van der Waals surface area contributed by atoms with E-state index in [-0.39, 0.29) is 24.9 Å². The molecule has 9 heteroatoms. The molecule has 1 N–H and O–H groups in total. The molecular formula is C30H36BrN3O4S. The van der Waals surface area contributed by atoms with Crippen molar-refractivity contribution in [3.8, 4) is 0 Å². The highest BCUT2D eigenvalue weighted by atomic mass is 79.9. The van der Waals surface area contributed by atoms with E-state index in [2.05, 4.69) is 21.2 Å². The van der Waals surface area contributed by atoms with Crippen LogP contribution in [-0.4, -0.2) is 50.0 Å². The number of anilines is 1. The van der Waals surface area contributed by atoms with Gasteiger partial charge in [0.25, 0.3) is 0 Å². The molecule has 0 unspecified atom stereocenters. The van der Waals surface area contributed by atoms with Crippen LogP contribution in [-0.2, 0) is 32.6 Å². The lowest BCUT2D eigenvalue weighted by Crippen LogP contribution is -2.54. The molecule has 7 nitrogen and oxygen atoms in total. The number of para-hydroxylation sites is 1. The van der Waals surface area contributed by atoms with Gasteiger partial charge in [-0.3, -0.25) is 13.9 Å². The van der Waals surface area contributed by atoms with E-state index in [1.54, 1.807) is 25.1 Å². The lowest BCUT2D eigenvalue weighted by molar-refractivity contribution is -0.140. The molecule has 0 bridgehead atoms. The Balaban J connectivity index is 2.07. The van der Waals surface area contributed by atoms with Crippen molar-refractivity contribution in [3.05, 3.63) is 100 Å². The van der Waals surface area contributed by atoms with Gasteiger partial charge in [0.05, 0.1) is 11.9 Å². The van der Waals surface area contributed by atoms with E-state index >= 15 is 0 Å². The summed E-state index contributed by atoms with van der Waals surface area (Å²) >= 11 is 3.49. The molecule has 3 rings (SSSR count). The van der Waals surface area contributed by atoms with Crippen LogP contribution in [0.5, 0.6) is 0 Å². The van der Waals surface area contributed by atoms with Crippen LogP contribution in [0.25, 0.3) is 0 Å². The molecule has 208 valence electrons. The fourth-order valence-electron chi connectivity index (χ4n) is 4.27. The molecule has 0 aliphatic heterocycles. The standard InChI is InChI=1S/C30H36BrN3O4S/c1-5-23(3)32-30(36)28(19-24-13-7-6-8-14-24)33(20-25-15-11-16-26(31)18-25)29(35)21-34(39(4,37)38)27-17-10-9-12-22(27)2/h6-18,23,28H,5,19-21H2,1-4H3,(H,32,36)/t23-,28+/m1/s1. The number of carbonyl (C=O) groups excluding carboxylic acids is 2. The summed E-state index contributed by atoms with van der Waals surface area (Å²) in [5, 5.41) is 3.03. The van der Waals surface area contributed by atoms with Gasteiger partial charge in [0.2, 0.25) is 21.8 Å². The fraction of sp³-hybridized carbons (Fsp3) is 0.333. The molecule has 0 heterocycles. The number of nitrogens with one attached hydrogen (secondary N) is 1. The number of amides is 2. The van der Waals surface area contributed by atoms with Crippen molar-refractivity contribution in [1.82, 2.24) is 10.2 Å². The highest BCUT2D eigenvalue weighted by Gasteiger charge is 2.33. The monoisotopic (exact) mass is 613 g/mol. The smallest absolute Gasteiger partial charge is 0.244 e. The SMILES string of the molecule is CC[C@@H](C)NC(=O)[C@H](Cc1ccccc1)N(Cc1cccc(Br)c1)C(=O)CN(c1ccccc1C)S(C)(=O)=O. The van der Waals surface area contributed by atoms with E-state index in [1.807, 2.05) is 74.5 Å². The van der Waals surface area contributed by atoms with Gasteiger partial charge in [0, 0.05) is 23.5 Å². The topological polar surface area (TPSA) is 86.8 Å². The third-order valence-electron chi connectivity index (χ3n) is 6.58. The molecule has 0 radical (unpaired) electrons. The van der Waals surface area contributed by atoms with Crippen molar-refractivity contribution < 1.29 is 18.0 Å². The summed E-state index contributed by atoms with van der Waals surface area (Å²) in [7, 11) is -3.80. The number of halogens is 1. The lowest BCUT2D eigenvalue weighted by Gasteiger charge is -2.34. The van der Waals surface area contributed by atoms with Crippen LogP contribution < -0.4 is 9.62 Å². The number of benzene rings is 3. The largest absolute Gasteiger partial charge is 0.352 e. The van der Waals surface area contributed by atoms with E-state index in [9.17, 15) is 18.0 Å². The number of hydrogen-bond donors (Lipinski definition) is 1. The van der Waals surface area contributed by atoms with Gasteiger partial charge in [-0.1, -0.05) is 83.5 Å². The first-order valence-corrected chi connectivity index (χ1v) is 15.5. The molecule has 2 atom stereocenters. The zero-order chi connectivity index (χ0) is 28.6. The normalized spacial score (nSPS) is 12.8. The van der Waals surface area contributed by atoms with Crippen LogP contribution in [0.4, 0.5) is 5.69 Å². The van der Waals surface area contributed by atoms with Gasteiger partial charge in [-0.25, -0.2) is 8.42 Å². The fourth-order valence-corrected chi connectivity index (χ4v) is 5.62. The van der Waals surface area contributed by atoms with Crippen LogP contribution in [0.3, 0.4) is 0 Å². The summed E-state index contributed by atoms with van der Waals surface area (Å²) in [6.07, 6.45) is 2.10. The minimum absolute atomic E-state index is 0.0851. The number of aryl methyl sites for hydroxylation is 1. The molecule has 0 aromatic heterocycles. The summed E-state index contributed by atoms with van der Waals surface area (Å²) < 4.78 is 27.7.